The van der Waals surface area contributed by atoms with Gasteiger partial charge < -0.3 is 20.4 Å². The van der Waals surface area contributed by atoms with Gasteiger partial charge in [0, 0.05) is 0 Å². The summed E-state index contributed by atoms with van der Waals surface area (Å²) in [5, 5.41) is 38.1. The lowest BCUT2D eigenvalue weighted by atomic mass is 10.00. The first-order valence-electron chi connectivity index (χ1n) is 7.21. The molecular formula is C14H30O4. The van der Waals surface area contributed by atoms with Crippen LogP contribution in [0.2, 0.25) is 0 Å². The highest BCUT2D eigenvalue weighted by Gasteiger charge is 2.12. The summed E-state index contributed by atoms with van der Waals surface area (Å²) >= 11 is 0. The molecule has 4 heteroatoms. The molecule has 4 atom stereocenters. The summed E-state index contributed by atoms with van der Waals surface area (Å²) in [5.41, 5.74) is 0. The molecule has 0 saturated carbocycles. The minimum absolute atomic E-state index is 0.329. The van der Waals surface area contributed by atoms with Crippen molar-refractivity contribution in [2.24, 2.45) is 0 Å². The third kappa shape index (κ3) is 9.83. The van der Waals surface area contributed by atoms with E-state index in [1.165, 1.54) is 0 Å². The zero-order chi connectivity index (χ0) is 14.0. The molecule has 18 heavy (non-hydrogen) atoms. The fourth-order valence-corrected chi connectivity index (χ4v) is 1.85. The Labute approximate surface area is 111 Å². The average Bonchev–Trinajstić information content (AvgIpc) is 2.39. The molecule has 4 N–H and O–H groups in total. The Kier molecular flexibility index (Phi) is 10.6. The molecule has 0 spiro atoms. The number of aliphatic hydroxyl groups excluding tert-OH is 4. The minimum atomic E-state index is -0.447. The van der Waals surface area contributed by atoms with Crippen molar-refractivity contribution in [1.29, 1.82) is 0 Å². The van der Waals surface area contributed by atoms with Crippen LogP contribution in [0.3, 0.4) is 0 Å². The van der Waals surface area contributed by atoms with E-state index in [2.05, 4.69) is 0 Å². The summed E-state index contributed by atoms with van der Waals surface area (Å²) in [6, 6.07) is 0. The van der Waals surface area contributed by atoms with Crippen molar-refractivity contribution in [2.75, 3.05) is 0 Å². The third-order valence-corrected chi connectivity index (χ3v) is 3.44. The van der Waals surface area contributed by atoms with Crippen LogP contribution in [0.4, 0.5) is 0 Å². The Morgan fingerprint density at radius 3 is 0.944 bits per heavy atom. The molecule has 0 fully saturated rings. The van der Waals surface area contributed by atoms with Crippen molar-refractivity contribution in [2.45, 2.75) is 89.6 Å². The van der Waals surface area contributed by atoms with E-state index >= 15 is 0 Å². The van der Waals surface area contributed by atoms with Gasteiger partial charge in [0.25, 0.3) is 0 Å². The molecule has 0 radical (unpaired) electrons. The Hall–Kier alpha value is -0.160. The molecule has 0 rings (SSSR count). The van der Waals surface area contributed by atoms with E-state index in [-0.39, 0.29) is 12.2 Å². The summed E-state index contributed by atoms with van der Waals surface area (Å²) in [7, 11) is 0. The van der Waals surface area contributed by atoms with Crippen molar-refractivity contribution in [3.05, 3.63) is 0 Å². The van der Waals surface area contributed by atoms with E-state index in [0.29, 0.717) is 51.4 Å². The average molecular weight is 262 g/mol. The molecular weight excluding hydrogens is 232 g/mol. The molecule has 0 aromatic heterocycles. The van der Waals surface area contributed by atoms with Crippen molar-refractivity contribution in [1.82, 2.24) is 0 Å². The van der Waals surface area contributed by atoms with Gasteiger partial charge >= 0.3 is 0 Å². The van der Waals surface area contributed by atoms with Crippen molar-refractivity contribution < 1.29 is 20.4 Å². The van der Waals surface area contributed by atoms with Crippen LogP contribution in [0.5, 0.6) is 0 Å². The largest absolute Gasteiger partial charge is 0.393 e. The monoisotopic (exact) mass is 262 g/mol. The predicted octanol–water partition coefficient (Wildman–Crippen LogP) is 1.59. The first-order chi connectivity index (χ1) is 8.49. The van der Waals surface area contributed by atoms with Crippen LogP contribution in [-0.2, 0) is 0 Å². The zero-order valence-corrected chi connectivity index (χ0v) is 11.8. The molecule has 0 heterocycles. The first-order valence-corrected chi connectivity index (χ1v) is 7.21. The maximum absolute atomic E-state index is 9.69. The molecule has 0 bridgehead atoms. The lowest BCUT2D eigenvalue weighted by Gasteiger charge is -2.16. The molecule has 0 aliphatic carbocycles. The Bertz CT molecular complexity index is 167. The standard InChI is InChI=1S/C14H30O4/c1-3-11(15)5-7-13(17)9-10-14(18)8-6-12(16)4-2/h11-18H,3-10H2,1-2H3. The lowest BCUT2D eigenvalue weighted by molar-refractivity contribution is 0.0751. The van der Waals surface area contributed by atoms with Crippen LogP contribution in [0.1, 0.15) is 65.2 Å². The SMILES string of the molecule is CCC(O)CCC(O)CCC(O)CCC(O)CC. The van der Waals surface area contributed by atoms with Crippen LogP contribution < -0.4 is 0 Å². The van der Waals surface area contributed by atoms with E-state index in [9.17, 15) is 20.4 Å². The molecule has 4 nitrogen and oxygen atoms in total. The molecule has 110 valence electrons. The quantitative estimate of drug-likeness (QED) is 0.456. The highest BCUT2D eigenvalue weighted by molar-refractivity contribution is 4.65. The molecule has 4 unspecified atom stereocenters. The lowest BCUT2D eigenvalue weighted by Crippen LogP contribution is -2.17. The Morgan fingerprint density at radius 1 is 0.500 bits per heavy atom. The van der Waals surface area contributed by atoms with Crippen molar-refractivity contribution in [3.63, 3.8) is 0 Å². The Morgan fingerprint density at radius 2 is 0.722 bits per heavy atom. The van der Waals surface area contributed by atoms with E-state index in [1.54, 1.807) is 0 Å². The molecule has 0 aliphatic rings. The van der Waals surface area contributed by atoms with Gasteiger partial charge in [-0.05, 0) is 51.4 Å². The van der Waals surface area contributed by atoms with Crippen LogP contribution >= 0.6 is 0 Å². The summed E-state index contributed by atoms with van der Waals surface area (Å²) in [6.07, 6.45) is 3.37. The summed E-state index contributed by atoms with van der Waals surface area (Å²) in [4.78, 5) is 0. The zero-order valence-electron chi connectivity index (χ0n) is 11.8. The van der Waals surface area contributed by atoms with Crippen LogP contribution in [0.15, 0.2) is 0 Å². The molecule has 0 aromatic carbocycles. The van der Waals surface area contributed by atoms with Gasteiger partial charge in [-0.25, -0.2) is 0 Å². The van der Waals surface area contributed by atoms with E-state index < -0.39 is 12.2 Å². The Balaban J connectivity index is 3.55. The fraction of sp³-hybridized carbons (Fsp3) is 1.00. The maximum atomic E-state index is 9.69. The summed E-state index contributed by atoms with van der Waals surface area (Å²) in [6.45, 7) is 3.83. The van der Waals surface area contributed by atoms with E-state index in [0.717, 1.165) is 0 Å². The highest BCUT2D eigenvalue weighted by atomic mass is 16.3. The predicted molar refractivity (Wildman–Crippen MR) is 72.3 cm³/mol. The van der Waals surface area contributed by atoms with Crippen LogP contribution in [-0.4, -0.2) is 44.8 Å². The van der Waals surface area contributed by atoms with Gasteiger partial charge in [-0.1, -0.05) is 13.8 Å². The third-order valence-electron chi connectivity index (χ3n) is 3.44. The van der Waals surface area contributed by atoms with Crippen LogP contribution in [0.25, 0.3) is 0 Å². The van der Waals surface area contributed by atoms with Crippen molar-refractivity contribution >= 4 is 0 Å². The van der Waals surface area contributed by atoms with Crippen molar-refractivity contribution in [3.8, 4) is 0 Å². The summed E-state index contributed by atoms with van der Waals surface area (Å²) in [5.74, 6) is 0. The summed E-state index contributed by atoms with van der Waals surface area (Å²) < 4.78 is 0. The first kappa shape index (κ1) is 17.8. The normalized spacial score (nSPS) is 18.3. The number of hydrogen-bond donors (Lipinski definition) is 4. The van der Waals surface area contributed by atoms with Gasteiger partial charge in [0.1, 0.15) is 0 Å². The van der Waals surface area contributed by atoms with Gasteiger partial charge in [-0.2, -0.15) is 0 Å². The molecule has 0 saturated heterocycles. The molecule has 0 aromatic rings. The number of aliphatic hydroxyl groups is 4. The van der Waals surface area contributed by atoms with Gasteiger partial charge in [0.15, 0.2) is 0 Å². The van der Waals surface area contributed by atoms with Gasteiger partial charge in [-0.15, -0.1) is 0 Å². The van der Waals surface area contributed by atoms with Gasteiger partial charge in [0.2, 0.25) is 0 Å². The van der Waals surface area contributed by atoms with Crippen LogP contribution in [0, 0.1) is 0 Å². The maximum Gasteiger partial charge on any atom is 0.0542 e. The van der Waals surface area contributed by atoms with Gasteiger partial charge in [-0.3, -0.25) is 0 Å². The number of rotatable bonds is 11. The minimum Gasteiger partial charge on any atom is -0.393 e. The highest BCUT2D eigenvalue weighted by Crippen LogP contribution is 2.13. The molecule has 0 aliphatic heterocycles. The second-order valence-corrected chi connectivity index (χ2v) is 5.16. The molecule has 0 amide bonds. The topological polar surface area (TPSA) is 80.9 Å². The van der Waals surface area contributed by atoms with E-state index in [1.807, 2.05) is 13.8 Å². The fourth-order valence-electron chi connectivity index (χ4n) is 1.85. The smallest absolute Gasteiger partial charge is 0.0542 e. The second kappa shape index (κ2) is 10.7. The second-order valence-electron chi connectivity index (χ2n) is 5.16. The van der Waals surface area contributed by atoms with E-state index in [4.69, 9.17) is 0 Å². The number of hydrogen-bond acceptors (Lipinski definition) is 4. The van der Waals surface area contributed by atoms with Gasteiger partial charge in [0.05, 0.1) is 24.4 Å².